The van der Waals surface area contributed by atoms with Crippen LogP contribution in [0.15, 0.2) is 24.5 Å². The molecule has 1 fully saturated rings. The second kappa shape index (κ2) is 4.64. The molecule has 1 aliphatic rings. The Morgan fingerprint density at radius 3 is 2.75 bits per heavy atom. The number of nitrogens with one attached hydrogen (secondary N) is 1. The van der Waals surface area contributed by atoms with E-state index in [4.69, 9.17) is 12.2 Å². The predicted octanol–water partition coefficient (Wildman–Crippen LogP) is 0.580. The highest BCUT2D eigenvalue weighted by atomic mass is 32.1. The van der Waals surface area contributed by atoms with E-state index in [-0.39, 0.29) is 11.9 Å². The maximum absolute atomic E-state index is 12.1. The first kappa shape index (κ1) is 12.7. The molecule has 1 N–H and O–H groups in total. The summed E-state index contributed by atoms with van der Waals surface area (Å²) in [5, 5.41) is 14.4. The summed E-state index contributed by atoms with van der Waals surface area (Å²) < 4.78 is 1.57. The number of hydrogen-bond donors (Lipinski definition) is 1. The van der Waals surface area contributed by atoms with E-state index < -0.39 is 0 Å². The summed E-state index contributed by atoms with van der Waals surface area (Å²) in [7, 11) is 0. The summed E-state index contributed by atoms with van der Waals surface area (Å²) in [6.45, 7) is 3.72. The van der Waals surface area contributed by atoms with Crippen molar-refractivity contribution in [3.63, 3.8) is 0 Å². The third-order valence-electron chi connectivity index (χ3n) is 3.17. The molecule has 1 atom stereocenters. The van der Waals surface area contributed by atoms with Gasteiger partial charge in [-0.15, -0.1) is 5.10 Å². The van der Waals surface area contributed by atoms with Gasteiger partial charge in [-0.1, -0.05) is 0 Å². The standard InChI is InChI=1S/C12H12N6OS/c1-7-5-9(18-11(19)8(2)14-12(18)20)3-4-10(7)17-6-13-15-16-17/h3-6,8H,1-2H3,(H,14,20)/t8-/m0/s1. The summed E-state index contributed by atoms with van der Waals surface area (Å²) >= 11 is 5.19. The summed E-state index contributed by atoms with van der Waals surface area (Å²) in [6, 6.07) is 5.29. The molecule has 1 saturated heterocycles. The van der Waals surface area contributed by atoms with Gasteiger partial charge in [0.1, 0.15) is 12.4 Å². The summed E-state index contributed by atoms with van der Waals surface area (Å²) in [5.41, 5.74) is 2.55. The van der Waals surface area contributed by atoms with Crippen molar-refractivity contribution in [2.24, 2.45) is 0 Å². The molecule has 0 saturated carbocycles. The van der Waals surface area contributed by atoms with Gasteiger partial charge < -0.3 is 5.32 Å². The Kier molecular flexibility index (Phi) is 2.94. The maximum atomic E-state index is 12.1. The van der Waals surface area contributed by atoms with E-state index in [9.17, 15) is 4.79 Å². The van der Waals surface area contributed by atoms with Gasteiger partial charge in [0, 0.05) is 0 Å². The zero-order valence-corrected chi connectivity index (χ0v) is 11.8. The van der Waals surface area contributed by atoms with Gasteiger partial charge >= 0.3 is 0 Å². The highest BCUT2D eigenvalue weighted by Crippen LogP contribution is 2.24. The summed E-state index contributed by atoms with van der Waals surface area (Å²) in [6.07, 6.45) is 1.53. The van der Waals surface area contributed by atoms with Crippen molar-refractivity contribution in [2.75, 3.05) is 4.90 Å². The largest absolute Gasteiger partial charge is 0.350 e. The zero-order chi connectivity index (χ0) is 14.3. The summed E-state index contributed by atoms with van der Waals surface area (Å²) in [5.74, 6) is -0.0513. The lowest BCUT2D eigenvalue weighted by Crippen LogP contribution is -2.30. The number of anilines is 1. The van der Waals surface area contributed by atoms with E-state index in [1.165, 1.54) is 11.2 Å². The number of aryl methyl sites for hydroxylation is 1. The lowest BCUT2D eigenvalue weighted by molar-refractivity contribution is -0.117. The Morgan fingerprint density at radius 1 is 1.40 bits per heavy atom. The maximum Gasteiger partial charge on any atom is 0.255 e. The monoisotopic (exact) mass is 288 g/mol. The minimum atomic E-state index is -0.290. The number of benzene rings is 1. The first-order valence-corrected chi connectivity index (χ1v) is 6.47. The molecule has 0 spiro atoms. The van der Waals surface area contributed by atoms with Gasteiger partial charge in [0.2, 0.25) is 0 Å². The molecule has 8 heteroatoms. The SMILES string of the molecule is Cc1cc(N2C(=O)[C@H](C)NC2=S)ccc1-n1cnnn1. The molecule has 1 aliphatic heterocycles. The second-order valence-electron chi connectivity index (χ2n) is 4.57. The number of carbonyl (C=O) groups is 1. The van der Waals surface area contributed by atoms with E-state index >= 15 is 0 Å². The van der Waals surface area contributed by atoms with E-state index in [2.05, 4.69) is 20.8 Å². The molecule has 0 radical (unpaired) electrons. The van der Waals surface area contributed by atoms with Crippen LogP contribution in [0, 0.1) is 6.92 Å². The number of tetrazole rings is 1. The van der Waals surface area contributed by atoms with Crippen LogP contribution in [0.25, 0.3) is 5.69 Å². The third kappa shape index (κ3) is 1.94. The van der Waals surface area contributed by atoms with Crippen molar-refractivity contribution in [3.05, 3.63) is 30.1 Å². The van der Waals surface area contributed by atoms with E-state index in [0.29, 0.717) is 5.11 Å². The average molecular weight is 288 g/mol. The van der Waals surface area contributed by atoms with Crippen LogP contribution in [-0.2, 0) is 4.79 Å². The van der Waals surface area contributed by atoms with E-state index in [0.717, 1.165) is 16.9 Å². The molecule has 1 amide bonds. The van der Waals surface area contributed by atoms with Crippen molar-refractivity contribution >= 4 is 28.9 Å². The molecule has 20 heavy (non-hydrogen) atoms. The van der Waals surface area contributed by atoms with Crippen LogP contribution in [0.2, 0.25) is 0 Å². The van der Waals surface area contributed by atoms with Crippen molar-refractivity contribution in [1.82, 2.24) is 25.5 Å². The number of thiocarbonyl (C=S) groups is 1. The van der Waals surface area contributed by atoms with Crippen LogP contribution < -0.4 is 10.2 Å². The van der Waals surface area contributed by atoms with E-state index in [1.807, 2.05) is 25.1 Å². The van der Waals surface area contributed by atoms with Crippen molar-refractivity contribution in [1.29, 1.82) is 0 Å². The van der Waals surface area contributed by atoms with Gasteiger partial charge in [0.15, 0.2) is 5.11 Å². The minimum absolute atomic E-state index is 0.0513. The van der Waals surface area contributed by atoms with Crippen LogP contribution in [0.5, 0.6) is 0 Å². The van der Waals surface area contributed by atoms with Gasteiger partial charge in [-0.25, -0.2) is 4.68 Å². The van der Waals surface area contributed by atoms with Crippen LogP contribution >= 0.6 is 12.2 Å². The molecular weight excluding hydrogens is 276 g/mol. The Morgan fingerprint density at radius 2 is 2.20 bits per heavy atom. The fourth-order valence-corrected chi connectivity index (χ4v) is 2.53. The molecular formula is C12H12N6OS. The second-order valence-corrected chi connectivity index (χ2v) is 4.96. The molecule has 2 aromatic rings. The Hall–Kier alpha value is -2.35. The van der Waals surface area contributed by atoms with Crippen molar-refractivity contribution < 1.29 is 4.79 Å². The van der Waals surface area contributed by atoms with Gasteiger partial charge in [0.25, 0.3) is 5.91 Å². The van der Waals surface area contributed by atoms with Crippen LogP contribution in [-0.4, -0.2) is 37.3 Å². The number of aromatic nitrogens is 4. The molecule has 0 bridgehead atoms. The predicted molar refractivity (Wildman–Crippen MR) is 76.6 cm³/mol. The van der Waals surface area contributed by atoms with Crippen LogP contribution in [0.3, 0.4) is 0 Å². The number of amides is 1. The highest BCUT2D eigenvalue weighted by Gasteiger charge is 2.33. The topological polar surface area (TPSA) is 75.9 Å². The molecule has 0 aliphatic carbocycles. The van der Waals surface area contributed by atoms with Crippen molar-refractivity contribution in [2.45, 2.75) is 19.9 Å². The van der Waals surface area contributed by atoms with Gasteiger partial charge in [-0.05, 0) is 60.3 Å². The van der Waals surface area contributed by atoms with Gasteiger partial charge in [-0.2, -0.15) is 0 Å². The van der Waals surface area contributed by atoms with Crippen LogP contribution in [0.4, 0.5) is 5.69 Å². The number of rotatable bonds is 2. The third-order valence-corrected chi connectivity index (χ3v) is 3.47. The molecule has 1 aromatic carbocycles. The normalized spacial score (nSPS) is 18.5. The first-order valence-electron chi connectivity index (χ1n) is 6.06. The average Bonchev–Trinajstić information content (AvgIpc) is 2.99. The Balaban J connectivity index is 1.99. The molecule has 2 heterocycles. The lowest BCUT2D eigenvalue weighted by atomic mass is 10.1. The van der Waals surface area contributed by atoms with Gasteiger partial charge in [0.05, 0.1) is 11.4 Å². The minimum Gasteiger partial charge on any atom is -0.350 e. The molecule has 0 unspecified atom stereocenters. The molecule has 7 nitrogen and oxygen atoms in total. The van der Waals surface area contributed by atoms with Crippen LogP contribution in [0.1, 0.15) is 12.5 Å². The zero-order valence-electron chi connectivity index (χ0n) is 10.9. The summed E-state index contributed by atoms with van der Waals surface area (Å²) in [4.78, 5) is 13.6. The highest BCUT2D eigenvalue weighted by molar-refractivity contribution is 7.80. The smallest absolute Gasteiger partial charge is 0.255 e. The number of hydrogen-bond acceptors (Lipinski definition) is 5. The fraction of sp³-hybridized carbons (Fsp3) is 0.250. The first-order chi connectivity index (χ1) is 9.58. The molecule has 3 rings (SSSR count). The van der Waals surface area contributed by atoms with Crippen molar-refractivity contribution in [3.8, 4) is 5.69 Å². The number of nitrogens with zero attached hydrogens (tertiary/aromatic N) is 5. The molecule has 102 valence electrons. The lowest BCUT2D eigenvalue weighted by Gasteiger charge is -2.16. The fourth-order valence-electron chi connectivity index (χ4n) is 2.16. The van der Waals surface area contributed by atoms with E-state index in [1.54, 1.807) is 11.6 Å². The Bertz CT molecular complexity index is 683. The quantitative estimate of drug-likeness (QED) is 0.815. The van der Waals surface area contributed by atoms with Gasteiger partial charge in [-0.3, -0.25) is 9.69 Å². The molecule has 1 aromatic heterocycles. The Labute approximate surface area is 120 Å². The number of carbonyl (C=O) groups excluding carboxylic acids is 1.